The number of nitrogens with zero attached hydrogens (tertiary/aromatic N) is 5. The highest BCUT2D eigenvalue weighted by molar-refractivity contribution is 5.51. The molecular formula is C35H41N5. The number of pyridine rings is 1. The Bertz CT molecular complexity index is 1450. The number of aromatic nitrogens is 5. The molecule has 5 aromatic rings. The number of benzene rings is 2. The lowest BCUT2D eigenvalue weighted by Gasteiger charge is -2.21. The van der Waals surface area contributed by atoms with E-state index in [9.17, 15) is 0 Å². The molecule has 206 valence electrons. The van der Waals surface area contributed by atoms with Crippen LogP contribution in [0.15, 0.2) is 79.4 Å². The summed E-state index contributed by atoms with van der Waals surface area (Å²) in [7, 11) is 0. The molecule has 0 aliphatic heterocycles. The van der Waals surface area contributed by atoms with E-state index in [-0.39, 0.29) is 0 Å². The number of rotatable bonds is 8. The van der Waals surface area contributed by atoms with Gasteiger partial charge in [0.15, 0.2) is 12.1 Å². The van der Waals surface area contributed by atoms with Crippen molar-refractivity contribution in [3.05, 3.63) is 114 Å². The number of hydrogen-bond donors (Lipinski definition) is 0. The molecule has 0 spiro atoms. The lowest BCUT2D eigenvalue weighted by Crippen LogP contribution is -2.32. The standard InChI is InChI=1S/C35H41N5/c1-24(2)28-12-9-13-29(25(3)4)34(28)39-20-18-37(22-39)32-16-11-17-33(36-32)38-19-21-40(23-38)35-30(26(5)6)14-10-15-31(35)27(7)8/h9-21,24-27H,1-8H3. The number of para-hydroxylation sites is 2. The summed E-state index contributed by atoms with van der Waals surface area (Å²) < 4.78 is 8.16. The van der Waals surface area contributed by atoms with Crippen LogP contribution in [0, 0.1) is 12.7 Å². The van der Waals surface area contributed by atoms with Gasteiger partial charge in [-0.1, -0.05) is 97.9 Å². The average molecular weight is 532 g/mol. The summed E-state index contributed by atoms with van der Waals surface area (Å²) in [6, 6.07) is 19.3. The van der Waals surface area contributed by atoms with Crippen LogP contribution >= 0.6 is 0 Å². The van der Waals surface area contributed by atoms with E-state index in [0.29, 0.717) is 23.7 Å². The van der Waals surface area contributed by atoms with Crippen LogP contribution in [0.2, 0.25) is 0 Å². The number of hydrogen-bond acceptors (Lipinski definition) is 1. The molecule has 0 unspecified atom stereocenters. The molecular weight excluding hydrogens is 490 g/mol. The van der Waals surface area contributed by atoms with Gasteiger partial charge in [-0.2, -0.15) is 0 Å². The van der Waals surface area contributed by atoms with E-state index in [2.05, 4.69) is 126 Å². The van der Waals surface area contributed by atoms with Crippen LogP contribution in [0.25, 0.3) is 23.0 Å². The number of imidazole rings is 2. The highest BCUT2D eigenvalue weighted by Crippen LogP contribution is 2.31. The van der Waals surface area contributed by atoms with Gasteiger partial charge in [0.2, 0.25) is 5.82 Å². The second-order valence-electron chi connectivity index (χ2n) is 11.8. The third kappa shape index (κ3) is 5.25. The summed E-state index contributed by atoms with van der Waals surface area (Å²) in [5.74, 6) is 3.26. The van der Waals surface area contributed by atoms with Gasteiger partial charge in [-0.3, -0.25) is 9.13 Å². The van der Waals surface area contributed by atoms with Crippen LogP contribution in [0.3, 0.4) is 0 Å². The molecule has 0 aliphatic rings. The fraction of sp³-hybridized carbons (Fsp3) is 0.343. The highest BCUT2D eigenvalue weighted by Gasteiger charge is 2.18. The summed E-state index contributed by atoms with van der Waals surface area (Å²) in [6.07, 6.45) is 15.3. The van der Waals surface area contributed by atoms with Crippen LogP contribution in [0.1, 0.15) is 101 Å². The van der Waals surface area contributed by atoms with Gasteiger partial charge in [-0.15, -0.1) is 4.98 Å². The molecule has 0 atom stereocenters. The Morgan fingerprint density at radius 2 is 1.05 bits per heavy atom. The molecule has 3 aromatic heterocycles. The summed E-state index contributed by atoms with van der Waals surface area (Å²) in [5, 5.41) is 0. The Balaban J connectivity index is 1.52. The smallest absolute Gasteiger partial charge is 0.271 e. The summed E-state index contributed by atoms with van der Waals surface area (Å²) in [6.45, 7) is 18.0. The highest BCUT2D eigenvalue weighted by atomic mass is 15.2. The van der Waals surface area contributed by atoms with Crippen molar-refractivity contribution in [2.75, 3.05) is 0 Å². The van der Waals surface area contributed by atoms with Crippen molar-refractivity contribution in [2.24, 2.45) is 0 Å². The normalized spacial score (nSPS) is 11.9. The van der Waals surface area contributed by atoms with Crippen LogP contribution in [-0.2, 0) is 0 Å². The van der Waals surface area contributed by atoms with Crippen LogP contribution in [0.4, 0.5) is 0 Å². The van der Waals surface area contributed by atoms with Crippen molar-refractivity contribution in [3.8, 4) is 23.0 Å². The fourth-order valence-corrected chi connectivity index (χ4v) is 5.40. The summed E-state index contributed by atoms with van der Waals surface area (Å²) in [4.78, 5) is 4.99. The van der Waals surface area contributed by atoms with Gasteiger partial charge < -0.3 is 9.13 Å². The predicted octanol–water partition coefficient (Wildman–Crippen LogP) is 7.31. The Morgan fingerprint density at radius 3 is 1.62 bits per heavy atom. The first-order valence-corrected chi connectivity index (χ1v) is 14.4. The summed E-state index contributed by atoms with van der Waals surface area (Å²) >= 11 is 0. The van der Waals surface area contributed by atoms with E-state index in [1.165, 1.54) is 33.6 Å². The second kappa shape index (κ2) is 11.2. The van der Waals surface area contributed by atoms with E-state index >= 15 is 0 Å². The molecule has 0 aliphatic carbocycles. The molecule has 0 bridgehead atoms. The van der Waals surface area contributed by atoms with E-state index in [1.807, 2.05) is 39.7 Å². The van der Waals surface area contributed by atoms with Gasteiger partial charge in [-0.25, -0.2) is 0 Å². The largest absolute Gasteiger partial charge is 0.334 e. The maximum atomic E-state index is 4.99. The molecule has 3 heterocycles. The maximum Gasteiger partial charge on any atom is 0.271 e. The zero-order valence-corrected chi connectivity index (χ0v) is 25.1. The molecule has 40 heavy (non-hydrogen) atoms. The monoisotopic (exact) mass is 531 g/mol. The third-order valence-corrected chi connectivity index (χ3v) is 7.54. The quantitative estimate of drug-likeness (QED) is 0.153. The molecule has 5 rings (SSSR count). The van der Waals surface area contributed by atoms with Crippen molar-refractivity contribution < 1.29 is 9.13 Å². The van der Waals surface area contributed by atoms with Crippen molar-refractivity contribution in [2.45, 2.75) is 79.1 Å². The zero-order chi connectivity index (χ0) is 28.6. The van der Waals surface area contributed by atoms with Gasteiger partial charge in [-0.05, 0) is 58.1 Å². The molecule has 0 radical (unpaired) electrons. The average Bonchev–Trinajstić information content (AvgIpc) is 3.63. The van der Waals surface area contributed by atoms with Crippen molar-refractivity contribution in [1.82, 2.24) is 14.1 Å². The molecule has 0 N–H and O–H groups in total. The van der Waals surface area contributed by atoms with Crippen molar-refractivity contribution in [1.29, 1.82) is 0 Å². The minimum Gasteiger partial charge on any atom is -0.334 e. The Hall–Kier alpha value is -3.99. The molecule has 0 fully saturated rings. The first kappa shape index (κ1) is 27.6. The minimum atomic E-state index is 0.410. The van der Waals surface area contributed by atoms with Gasteiger partial charge >= 0.3 is 0 Å². The predicted molar refractivity (Wildman–Crippen MR) is 160 cm³/mol. The zero-order valence-electron chi connectivity index (χ0n) is 25.1. The first-order valence-electron chi connectivity index (χ1n) is 14.4. The van der Waals surface area contributed by atoms with Gasteiger partial charge in [0.25, 0.3) is 6.33 Å². The second-order valence-corrected chi connectivity index (χ2v) is 11.8. The van der Waals surface area contributed by atoms with Crippen molar-refractivity contribution in [3.63, 3.8) is 0 Å². The first-order chi connectivity index (χ1) is 19.2. The fourth-order valence-electron chi connectivity index (χ4n) is 5.40. The summed E-state index contributed by atoms with van der Waals surface area (Å²) in [5.41, 5.74) is 7.71. The van der Waals surface area contributed by atoms with E-state index in [4.69, 9.17) is 4.98 Å². The SMILES string of the molecule is CC(C)c1cccc(C(C)C)c1-n1[c-][n+](-c2cccc(-n3[c-][n+](-c4c(C(C)C)cccc4C(C)C)cc3)n2)cc1. The van der Waals surface area contributed by atoms with Gasteiger partial charge in [0, 0.05) is 30.5 Å². The maximum absolute atomic E-state index is 4.99. The van der Waals surface area contributed by atoms with Crippen LogP contribution in [0.5, 0.6) is 0 Å². The van der Waals surface area contributed by atoms with Gasteiger partial charge in [0.1, 0.15) is 0 Å². The lowest BCUT2D eigenvalue weighted by molar-refractivity contribution is -0.603. The Morgan fingerprint density at radius 1 is 0.575 bits per heavy atom. The molecule has 0 saturated carbocycles. The molecule has 2 aromatic carbocycles. The molecule has 5 nitrogen and oxygen atoms in total. The van der Waals surface area contributed by atoms with Gasteiger partial charge in [0.05, 0.1) is 5.69 Å². The Kier molecular flexibility index (Phi) is 7.75. The molecule has 5 heteroatoms. The van der Waals surface area contributed by atoms with E-state index in [1.54, 1.807) is 0 Å². The van der Waals surface area contributed by atoms with E-state index in [0.717, 1.165) is 11.6 Å². The lowest BCUT2D eigenvalue weighted by atomic mass is 9.92. The van der Waals surface area contributed by atoms with Crippen LogP contribution in [-0.4, -0.2) is 14.1 Å². The Labute approximate surface area is 239 Å². The minimum absolute atomic E-state index is 0.410. The third-order valence-electron chi connectivity index (χ3n) is 7.54. The van der Waals surface area contributed by atoms with Crippen molar-refractivity contribution >= 4 is 0 Å². The molecule has 0 saturated heterocycles. The topological polar surface area (TPSA) is 30.5 Å². The van der Waals surface area contributed by atoms with Crippen LogP contribution < -0.4 is 9.13 Å². The van der Waals surface area contributed by atoms with E-state index < -0.39 is 0 Å². The molecule has 0 amide bonds.